The summed E-state index contributed by atoms with van der Waals surface area (Å²) in [7, 11) is 0. The lowest BCUT2D eigenvalue weighted by molar-refractivity contribution is 0.204. The molecule has 1 saturated heterocycles. The van der Waals surface area contributed by atoms with Crippen LogP contribution in [0.4, 0.5) is 10.5 Å². The summed E-state index contributed by atoms with van der Waals surface area (Å²) in [6.45, 7) is 3.09. The Kier molecular flexibility index (Phi) is 4.92. The van der Waals surface area contributed by atoms with Gasteiger partial charge in [-0.3, -0.25) is 0 Å². The monoisotopic (exact) mass is 388 g/mol. The van der Waals surface area contributed by atoms with Crippen molar-refractivity contribution in [3.63, 3.8) is 0 Å². The molecule has 6 nitrogen and oxygen atoms in total. The Labute approximate surface area is 159 Å². The van der Waals surface area contributed by atoms with Crippen molar-refractivity contribution >= 4 is 44.9 Å². The summed E-state index contributed by atoms with van der Waals surface area (Å²) in [5, 5.41) is 7.37. The van der Waals surface area contributed by atoms with Gasteiger partial charge in [0.25, 0.3) is 5.19 Å². The second-order valence-electron chi connectivity index (χ2n) is 5.89. The van der Waals surface area contributed by atoms with E-state index in [1.807, 2.05) is 42.5 Å². The Morgan fingerprint density at radius 3 is 2.73 bits per heavy atom. The maximum Gasteiger partial charge on any atom is 0.321 e. The molecule has 2 heterocycles. The molecule has 26 heavy (non-hydrogen) atoms. The first-order valence-corrected chi connectivity index (χ1v) is 9.47. The number of carbonyl (C=O) groups excluding carboxylic acids is 1. The zero-order valence-electron chi connectivity index (χ0n) is 13.9. The lowest BCUT2D eigenvalue weighted by Gasteiger charge is -2.27. The number of carbonyl (C=O) groups is 1. The smallest absolute Gasteiger partial charge is 0.321 e. The zero-order chi connectivity index (χ0) is 17.9. The number of hydrogen-bond donors (Lipinski definition) is 2. The molecule has 4 rings (SSSR count). The average molecular weight is 389 g/mol. The molecule has 0 aliphatic carbocycles. The highest BCUT2D eigenvalue weighted by Crippen LogP contribution is 2.33. The molecule has 2 aromatic carbocycles. The second-order valence-corrected chi connectivity index (χ2v) is 7.32. The van der Waals surface area contributed by atoms with Gasteiger partial charge in [-0.15, -0.1) is 0 Å². The normalized spacial score (nSPS) is 14.4. The Morgan fingerprint density at radius 1 is 1.19 bits per heavy atom. The van der Waals surface area contributed by atoms with Crippen LogP contribution in [0.1, 0.15) is 0 Å². The van der Waals surface area contributed by atoms with Crippen molar-refractivity contribution in [1.82, 2.24) is 15.2 Å². The zero-order valence-corrected chi connectivity index (χ0v) is 15.4. The maximum atomic E-state index is 12.2. The van der Waals surface area contributed by atoms with E-state index in [9.17, 15) is 4.79 Å². The number of urea groups is 1. The van der Waals surface area contributed by atoms with Crippen molar-refractivity contribution in [2.24, 2.45) is 0 Å². The summed E-state index contributed by atoms with van der Waals surface area (Å²) in [5.41, 5.74) is 1.59. The predicted molar refractivity (Wildman–Crippen MR) is 105 cm³/mol. The molecule has 1 aliphatic rings. The summed E-state index contributed by atoms with van der Waals surface area (Å²) in [6.07, 6.45) is 0. The average Bonchev–Trinajstić information content (AvgIpc) is 3.05. The molecule has 2 amide bonds. The molecular formula is C18H17ClN4O2S. The van der Waals surface area contributed by atoms with Gasteiger partial charge in [0.15, 0.2) is 0 Å². The Balaban J connectivity index is 1.41. The number of rotatable bonds is 3. The molecular weight excluding hydrogens is 372 g/mol. The van der Waals surface area contributed by atoms with Crippen molar-refractivity contribution < 1.29 is 9.53 Å². The van der Waals surface area contributed by atoms with Crippen LogP contribution in [0.2, 0.25) is 5.02 Å². The van der Waals surface area contributed by atoms with Crippen LogP contribution in [-0.2, 0) is 0 Å². The third-order valence-electron chi connectivity index (χ3n) is 4.05. The van der Waals surface area contributed by atoms with Crippen LogP contribution in [0.25, 0.3) is 10.2 Å². The minimum atomic E-state index is -0.0804. The molecule has 1 aliphatic heterocycles. The SMILES string of the molecule is O=C(Nc1ccc(Oc2nc3ccc(Cl)cc3s2)cc1)N1CCNCC1. The number of amides is 2. The first kappa shape index (κ1) is 17.1. The van der Waals surface area contributed by atoms with Crippen molar-refractivity contribution in [3.05, 3.63) is 47.5 Å². The third kappa shape index (κ3) is 3.90. The lowest BCUT2D eigenvalue weighted by Crippen LogP contribution is -2.48. The van der Waals surface area contributed by atoms with Gasteiger partial charge in [0.05, 0.1) is 10.2 Å². The molecule has 2 N–H and O–H groups in total. The number of aromatic nitrogens is 1. The predicted octanol–water partition coefficient (Wildman–Crippen LogP) is 4.18. The Hall–Kier alpha value is -2.35. The fourth-order valence-electron chi connectivity index (χ4n) is 2.70. The van der Waals surface area contributed by atoms with Crippen LogP contribution < -0.4 is 15.4 Å². The van der Waals surface area contributed by atoms with E-state index in [0.29, 0.717) is 29.1 Å². The Morgan fingerprint density at radius 2 is 1.96 bits per heavy atom. The fraction of sp³-hybridized carbons (Fsp3) is 0.222. The van der Waals surface area contributed by atoms with Crippen LogP contribution >= 0.6 is 22.9 Å². The third-order valence-corrected chi connectivity index (χ3v) is 5.18. The highest BCUT2D eigenvalue weighted by molar-refractivity contribution is 7.20. The molecule has 134 valence electrons. The minimum absolute atomic E-state index is 0.0804. The molecule has 0 atom stereocenters. The van der Waals surface area contributed by atoms with Crippen LogP contribution in [0.5, 0.6) is 10.9 Å². The van der Waals surface area contributed by atoms with Crippen molar-refractivity contribution in [2.75, 3.05) is 31.5 Å². The summed E-state index contributed by atoms with van der Waals surface area (Å²) in [4.78, 5) is 18.4. The van der Waals surface area contributed by atoms with E-state index in [1.54, 1.807) is 4.90 Å². The van der Waals surface area contributed by atoms with E-state index in [-0.39, 0.29) is 6.03 Å². The van der Waals surface area contributed by atoms with Gasteiger partial charge in [-0.1, -0.05) is 22.9 Å². The molecule has 3 aromatic rings. The molecule has 0 spiro atoms. The molecule has 0 bridgehead atoms. The van der Waals surface area contributed by atoms with Crippen molar-refractivity contribution in [2.45, 2.75) is 0 Å². The summed E-state index contributed by atoms with van der Waals surface area (Å²) >= 11 is 7.44. The molecule has 0 unspecified atom stereocenters. The largest absolute Gasteiger partial charge is 0.431 e. The molecule has 0 saturated carbocycles. The number of nitrogens with one attached hydrogen (secondary N) is 2. The number of piperazine rings is 1. The van der Waals surface area contributed by atoms with Gasteiger partial charge in [-0.2, -0.15) is 0 Å². The van der Waals surface area contributed by atoms with Gasteiger partial charge in [0, 0.05) is 36.9 Å². The summed E-state index contributed by atoms with van der Waals surface area (Å²) in [6, 6.07) is 12.7. The van der Waals surface area contributed by atoms with E-state index in [2.05, 4.69) is 15.6 Å². The molecule has 1 fully saturated rings. The molecule has 1 aromatic heterocycles. The minimum Gasteiger partial charge on any atom is -0.431 e. The van der Waals surface area contributed by atoms with E-state index in [4.69, 9.17) is 16.3 Å². The number of hydrogen-bond acceptors (Lipinski definition) is 5. The first-order chi connectivity index (χ1) is 12.7. The number of fused-ring (bicyclic) bond motifs is 1. The Bertz CT molecular complexity index is 923. The van der Waals surface area contributed by atoms with Crippen LogP contribution in [-0.4, -0.2) is 42.1 Å². The van der Waals surface area contributed by atoms with Crippen LogP contribution in [0, 0.1) is 0 Å². The van der Waals surface area contributed by atoms with E-state index < -0.39 is 0 Å². The first-order valence-electron chi connectivity index (χ1n) is 8.28. The summed E-state index contributed by atoms with van der Waals surface area (Å²) < 4.78 is 6.79. The van der Waals surface area contributed by atoms with Gasteiger partial charge >= 0.3 is 6.03 Å². The molecule has 0 radical (unpaired) electrons. The number of thiazole rings is 1. The number of benzene rings is 2. The van der Waals surface area contributed by atoms with Gasteiger partial charge in [-0.05, 0) is 42.5 Å². The maximum absolute atomic E-state index is 12.2. The van der Waals surface area contributed by atoms with Gasteiger partial charge in [0.1, 0.15) is 5.75 Å². The van der Waals surface area contributed by atoms with Crippen molar-refractivity contribution in [1.29, 1.82) is 0 Å². The number of halogens is 1. The van der Waals surface area contributed by atoms with Crippen LogP contribution in [0.15, 0.2) is 42.5 Å². The standard InChI is InChI=1S/C18H17ClN4O2S/c19-12-1-6-15-16(11-12)26-18(22-15)25-14-4-2-13(3-5-14)21-17(24)23-9-7-20-8-10-23/h1-6,11,20H,7-10H2,(H,21,24). The van der Waals surface area contributed by atoms with Gasteiger partial charge in [0.2, 0.25) is 0 Å². The van der Waals surface area contributed by atoms with Crippen molar-refractivity contribution in [3.8, 4) is 10.9 Å². The van der Waals surface area contributed by atoms with E-state index in [1.165, 1.54) is 11.3 Å². The summed E-state index contributed by atoms with van der Waals surface area (Å²) in [5.74, 6) is 0.662. The van der Waals surface area contributed by atoms with Gasteiger partial charge in [-0.25, -0.2) is 9.78 Å². The van der Waals surface area contributed by atoms with Gasteiger partial charge < -0.3 is 20.3 Å². The number of ether oxygens (including phenoxy) is 1. The van der Waals surface area contributed by atoms with E-state index >= 15 is 0 Å². The fourth-order valence-corrected chi connectivity index (χ4v) is 3.81. The quantitative estimate of drug-likeness (QED) is 0.706. The second kappa shape index (κ2) is 7.49. The molecule has 8 heteroatoms. The highest BCUT2D eigenvalue weighted by Gasteiger charge is 2.16. The number of anilines is 1. The lowest BCUT2D eigenvalue weighted by atomic mass is 10.3. The van der Waals surface area contributed by atoms with Crippen LogP contribution in [0.3, 0.4) is 0 Å². The highest BCUT2D eigenvalue weighted by atomic mass is 35.5. The topological polar surface area (TPSA) is 66.5 Å². The number of nitrogens with zero attached hydrogens (tertiary/aromatic N) is 2. The van der Waals surface area contributed by atoms with E-state index in [0.717, 1.165) is 29.0 Å².